The lowest BCUT2D eigenvalue weighted by Crippen LogP contribution is -2.54. The number of anilines is 1. The van der Waals surface area contributed by atoms with Crippen LogP contribution in [-0.4, -0.2) is 56.8 Å². The highest BCUT2D eigenvalue weighted by Crippen LogP contribution is 2.40. The Bertz CT molecular complexity index is 2070. The van der Waals surface area contributed by atoms with Crippen molar-refractivity contribution in [2.75, 3.05) is 5.32 Å². The summed E-state index contributed by atoms with van der Waals surface area (Å²) in [5.41, 5.74) is 4.79. The van der Waals surface area contributed by atoms with Gasteiger partial charge in [0.2, 0.25) is 11.8 Å². The highest BCUT2D eigenvalue weighted by atomic mass is 16.5. The van der Waals surface area contributed by atoms with Crippen LogP contribution < -0.4 is 20.1 Å². The molecule has 4 amide bonds. The predicted molar refractivity (Wildman–Crippen MR) is 195 cm³/mol. The molecular weight excluding hydrogens is 672 g/mol. The van der Waals surface area contributed by atoms with E-state index in [2.05, 4.69) is 53.7 Å². The number of piperidine rings is 1. The largest absolute Gasteiger partial charge is 0.490 e. The van der Waals surface area contributed by atoms with Crippen LogP contribution >= 0.6 is 0 Å². The molecule has 4 aliphatic rings. The second-order valence-corrected chi connectivity index (χ2v) is 15.1. The van der Waals surface area contributed by atoms with E-state index in [0.717, 1.165) is 64.6 Å². The third kappa shape index (κ3) is 7.01. The average Bonchev–Trinajstić information content (AvgIpc) is 3.97. The molecule has 53 heavy (non-hydrogen) atoms. The van der Waals surface area contributed by atoms with Crippen molar-refractivity contribution in [1.82, 2.24) is 15.2 Å². The van der Waals surface area contributed by atoms with Crippen molar-refractivity contribution in [2.24, 2.45) is 5.92 Å². The van der Waals surface area contributed by atoms with Crippen molar-refractivity contribution in [2.45, 2.75) is 88.7 Å². The summed E-state index contributed by atoms with van der Waals surface area (Å²) in [7, 11) is 0. The minimum atomic E-state index is -0.987. The second kappa shape index (κ2) is 13.8. The molecule has 2 saturated carbocycles. The predicted octanol–water partition coefficient (Wildman–Crippen LogP) is 5.85. The Morgan fingerprint density at radius 1 is 0.868 bits per heavy atom. The summed E-state index contributed by atoms with van der Waals surface area (Å²) in [5.74, 6) is -0.173. The van der Waals surface area contributed by atoms with Gasteiger partial charge < -0.3 is 19.9 Å². The van der Waals surface area contributed by atoms with E-state index < -0.39 is 35.8 Å². The van der Waals surface area contributed by atoms with Crippen molar-refractivity contribution in [3.05, 3.63) is 119 Å². The summed E-state index contributed by atoms with van der Waals surface area (Å²) in [6.07, 6.45) is 3.41. The molecule has 8 rings (SSSR count). The summed E-state index contributed by atoms with van der Waals surface area (Å²) in [4.78, 5) is 55.7. The number of hydrogen-bond donors (Lipinski definition) is 3. The summed E-state index contributed by atoms with van der Waals surface area (Å²) in [6, 6.07) is 26.3. The molecule has 1 saturated heterocycles. The average molecular weight is 715 g/mol. The number of aromatic nitrogens is 1. The number of ether oxygens (including phenoxy) is 2. The van der Waals surface area contributed by atoms with Crippen molar-refractivity contribution in [3.8, 4) is 11.5 Å². The van der Waals surface area contributed by atoms with E-state index in [1.807, 2.05) is 42.5 Å². The monoisotopic (exact) mass is 714 g/mol. The number of amides is 4. The zero-order valence-electron chi connectivity index (χ0n) is 29.7. The standard InChI is InChI=1S/C42H42N4O7/c1-42(2,25-8-13-30(14-9-25)52-23-28-4-3-5-35(44-28)38(48)24-6-7-24)26-10-15-31(16-11-26)53-32-20-29(21-32)43-27-12-17-33-34(22-27)41(51)46(40(33)50)36-18-19-37(47)45-39(36)49/h3-5,8-17,22,24,29,32,36,38,43,48H,6-7,18-21,23H2,1-2H3,(H,45,47,49)/t29-,32-,36?,38?. The molecular formula is C42H42N4O7. The van der Waals surface area contributed by atoms with E-state index in [0.29, 0.717) is 18.2 Å². The van der Waals surface area contributed by atoms with Gasteiger partial charge in [-0.2, -0.15) is 0 Å². The fraction of sp³-hybridized carbons (Fsp3) is 0.357. The zero-order chi connectivity index (χ0) is 36.9. The van der Waals surface area contributed by atoms with E-state index in [4.69, 9.17) is 9.47 Å². The number of rotatable bonds is 12. The number of imide groups is 2. The number of pyridine rings is 1. The molecule has 2 unspecified atom stereocenters. The van der Waals surface area contributed by atoms with Gasteiger partial charge >= 0.3 is 0 Å². The first kappa shape index (κ1) is 34.5. The van der Waals surface area contributed by atoms with E-state index in [1.165, 1.54) is 0 Å². The molecule has 4 aromatic rings. The number of fused-ring (bicyclic) bond motifs is 1. The van der Waals surface area contributed by atoms with Crippen molar-refractivity contribution in [3.63, 3.8) is 0 Å². The van der Waals surface area contributed by atoms with Gasteiger partial charge in [-0.25, -0.2) is 0 Å². The summed E-state index contributed by atoms with van der Waals surface area (Å²) in [6.45, 7) is 4.71. The molecule has 272 valence electrons. The van der Waals surface area contributed by atoms with Gasteiger partial charge in [0.15, 0.2) is 0 Å². The number of hydrogen-bond acceptors (Lipinski definition) is 9. The number of aliphatic hydroxyl groups is 1. The minimum absolute atomic E-state index is 0.0421. The highest BCUT2D eigenvalue weighted by molar-refractivity contribution is 6.23. The first-order valence-corrected chi connectivity index (χ1v) is 18.3. The van der Waals surface area contributed by atoms with Crippen LogP contribution in [0, 0.1) is 5.92 Å². The third-order valence-corrected chi connectivity index (χ3v) is 10.9. The number of nitrogens with one attached hydrogen (secondary N) is 2. The molecule has 2 aliphatic heterocycles. The van der Waals surface area contributed by atoms with Gasteiger partial charge in [0.25, 0.3) is 11.8 Å². The zero-order valence-corrected chi connectivity index (χ0v) is 29.7. The lowest BCUT2D eigenvalue weighted by atomic mass is 9.78. The van der Waals surface area contributed by atoms with Gasteiger partial charge in [-0.3, -0.25) is 34.4 Å². The van der Waals surface area contributed by atoms with Crippen LogP contribution in [0.3, 0.4) is 0 Å². The van der Waals surface area contributed by atoms with Gasteiger partial charge in [0, 0.05) is 36.4 Å². The quantitative estimate of drug-likeness (QED) is 0.154. The van der Waals surface area contributed by atoms with Gasteiger partial charge in [0.05, 0.1) is 28.6 Å². The van der Waals surface area contributed by atoms with Crippen LogP contribution in [0.15, 0.2) is 84.9 Å². The maximum absolute atomic E-state index is 13.2. The number of benzene rings is 3. The lowest BCUT2D eigenvalue weighted by Gasteiger charge is -2.36. The molecule has 1 aromatic heterocycles. The Kier molecular flexibility index (Phi) is 8.98. The van der Waals surface area contributed by atoms with Crippen LogP contribution in [0.4, 0.5) is 5.69 Å². The Morgan fingerprint density at radius 3 is 2.23 bits per heavy atom. The van der Waals surface area contributed by atoms with Crippen LogP contribution in [0.1, 0.15) is 102 Å². The Balaban J connectivity index is 0.818. The third-order valence-electron chi connectivity index (χ3n) is 10.9. The van der Waals surface area contributed by atoms with Crippen LogP contribution in [0.25, 0.3) is 0 Å². The maximum atomic E-state index is 13.2. The van der Waals surface area contributed by atoms with E-state index in [-0.39, 0.29) is 41.5 Å². The molecule has 11 nitrogen and oxygen atoms in total. The van der Waals surface area contributed by atoms with Gasteiger partial charge in [-0.05, 0) is 90.9 Å². The normalized spacial score (nSPS) is 21.8. The Morgan fingerprint density at radius 2 is 1.55 bits per heavy atom. The topological polar surface area (TPSA) is 147 Å². The fourth-order valence-corrected chi connectivity index (χ4v) is 7.41. The SMILES string of the molecule is CC(C)(c1ccc(OCc2cccc(C(O)C3CC3)n2)cc1)c1ccc(O[C@H]2C[C@H](Nc3ccc4c(c3)C(=O)N(C3CCC(=O)NC3=O)C4=O)C2)cc1. The molecule has 0 spiro atoms. The smallest absolute Gasteiger partial charge is 0.262 e. The van der Waals surface area contributed by atoms with Crippen molar-refractivity contribution >= 4 is 29.3 Å². The Hall–Kier alpha value is -5.55. The summed E-state index contributed by atoms with van der Waals surface area (Å²) < 4.78 is 12.3. The van der Waals surface area contributed by atoms with Crippen molar-refractivity contribution in [1.29, 1.82) is 0 Å². The van der Waals surface area contributed by atoms with E-state index >= 15 is 0 Å². The molecule has 0 radical (unpaired) electrons. The van der Waals surface area contributed by atoms with Gasteiger partial charge in [-0.15, -0.1) is 0 Å². The first-order valence-electron chi connectivity index (χ1n) is 18.3. The van der Waals surface area contributed by atoms with E-state index in [1.54, 1.807) is 18.2 Å². The molecule has 3 heterocycles. The van der Waals surface area contributed by atoms with Crippen LogP contribution in [0.2, 0.25) is 0 Å². The Labute approximate surface area is 307 Å². The summed E-state index contributed by atoms with van der Waals surface area (Å²) in [5, 5.41) is 16.1. The molecule has 2 atom stereocenters. The number of aliphatic hydroxyl groups excluding tert-OH is 1. The van der Waals surface area contributed by atoms with Crippen LogP contribution in [-0.2, 0) is 21.6 Å². The molecule has 3 fully saturated rings. The molecule has 2 aliphatic carbocycles. The molecule has 3 aromatic carbocycles. The number of carbonyl (C=O) groups is 4. The first-order chi connectivity index (χ1) is 25.5. The minimum Gasteiger partial charge on any atom is -0.490 e. The summed E-state index contributed by atoms with van der Waals surface area (Å²) >= 11 is 0. The molecule has 0 bridgehead atoms. The van der Waals surface area contributed by atoms with Gasteiger partial charge in [-0.1, -0.05) is 44.2 Å². The molecule has 3 N–H and O–H groups in total. The number of nitrogens with zero attached hydrogens (tertiary/aromatic N) is 2. The van der Waals surface area contributed by atoms with Crippen LogP contribution in [0.5, 0.6) is 11.5 Å². The second-order valence-electron chi connectivity index (χ2n) is 15.1. The highest BCUT2D eigenvalue weighted by Gasteiger charge is 2.45. The van der Waals surface area contributed by atoms with Gasteiger partial charge in [0.1, 0.15) is 30.3 Å². The maximum Gasteiger partial charge on any atom is 0.262 e. The van der Waals surface area contributed by atoms with E-state index in [9.17, 15) is 24.3 Å². The molecule has 11 heteroatoms. The lowest BCUT2D eigenvalue weighted by molar-refractivity contribution is -0.136. The fourth-order valence-electron chi connectivity index (χ4n) is 7.41. The number of carbonyl (C=O) groups excluding carboxylic acids is 4. The van der Waals surface area contributed by atoms with Crippen molar-refractivity contribution < 1.29 is 33.8 Å².